The second-order valence-electron chi connectivity index (χ2n) is 4.02. The highest BCUT2D eigenvalue weighted by atomic mass is 35.5. The number of hydrogen-bond donors (Lipinski definition) is 0. The van der Waals surface area contributed by atoms with Crippen LogP contribution >= 0.6 is 11.6 Å². The highest BCUT2D eigenvalue weighted by Crippen LogP contribution is 2.34. The lowest BCUT2D eigenvalue weighted by Gasteiger charge is -2.11. The van der Waals surface area contributed by atoms with Crippen LogP contribution in [0, 0.1) is 5.82 Å². The maximum Gasteiger partial charge on any atom is 0.416 e. The quantitative estimate of drug-likeness (QED) is 0.719. The summed E-state index contributed by atoms with van der Waals surface area (Å²) < 4.78 is 55.9. The number of halogens is 5. The van der Waals surface area contributed by atoms with Gasteiger partial charge in [0.05, 0.1) is 10.6 Å². The summed E-state index contributed by atoms with van der Waals surface area (Å²) in [6, 6.07) is 8.72. The molecule has 0 atom stereocenters. The first-order chi connectivity index (χ1) is 9.38. The van der Waals surface area contributed by atoms with Crippen molar-refractivity contribution in [1.82, 2.24) is 0 Å². The summed E-state index contributed by atoms with van der Waals surface area (Å²) in [5.41, 5.74) is -0.566. The number of hydrogen-bond acceptors (Lipinski definition) is 1. The van der Waals surface area contributed by atoms with Crippen LogP contribution in [-0.4, -0.2) is 0 Å². The molecule has 0 saturated heterocycles. The van der Waals surface area contributed by atoms with Crippen LogP contribution in [0.1, 0.15) is 11.1 Å². The Bertz CT molecular complexity index is 610. The summed E-state index contributed by atoms with van der Waals surface area (Å²) in [6.45, 7) is -0.113. The number of benzene rings is 2. The van der Waals surface area contributed by atoms with Crippen molar-refractivity contribution in [2.45, 2.75) is 12.8 Å². The van der Waals surface area contributed by atoms with E-state index in [9.17, 15) is 17.6 Å². The third-order valence-corrected chi connectivity index (χ3v) is 2.90. The highest BCUT2D eigenvalue weighted by molar-refractivity contribution is 6.32. The number of alkyl halides is 3. The van der Waals surface area contributed by atoms with Crippen LogP contribution in [0.2, 0.25) is 5.02 Å². The van der Waals surface area contributed by atoms with Crippen LogP contribution in [0.25, 0.3) is 0 Å². The van der Waals surface area contributed by atoms with Crippen molar-refractivity contribution < 1.29 is 22.3 Å². The number of rotatable bonds is 3. The minimum atomic E-state index is -4.46. The maximum atomic E-state index is 13.4. The summed E-state index contributed by atoms with van der Waals surface area (Å²) in [5, 5.41) is -0.170. The molecular formula is C14H9ClF4O. The predicted molar refractivity (Wildman–Crippen MR) is 67.2 cm³/mol. The van der Waals surface area contributed by atoms with Gasteiger partial charge in [-0.05, 0) is 24.3 Å². The fourth-order valence-electron chi connectivity index (χ4n) is 1.57. The molecule has 106 valence electrons. The Labute approximate surface area is 117 Å². The van der Waals surface area contributed by atoms with Gasteiger partial charge in [0.25, 0.3) is 0 Å². The van der Waals surface area contributed by atoms with Crippen LogP contribution in [0.4, 0.5) is 17.6 Å². The van der Waals surface area contributed by atoms with Crippen molar-refractivity contribution >= 4 is 11.6 Å². The second-order valence-corrected chi connectivity index (χ2v) is 4.43. The molecule has 0 N–H and O–H groups in total. The molecule has 0 aliphatic carbocycles. The normalized spacial score (nSPS) is 11.4. The van der Waals surface area contributed by atoms with Crippen molar-refractivity contribution in [2.24, 2.45) is 0 Å². The SMILES string of the molecule is Fc1ccccc1COc1ccc(C(F)(F)F)cc1Cl. The Morgan fingerprint density at radius 3 is 2.35 bits per heavy atom. The van der Waals surface area contributed by atoms with E-state index in [0.717, 1.165) is 18.2 Å². The first-order valence-corrected chi connectivity index (χ1v) is 5.98. The molecule has 6 heteroatoms. The van der Waals surface area contributed by atoms with Gasteiger partial charge in [0.1, 0.15) is 18.2 Å². The molecule has 0 spiro atoms. The van der Waals surface area contributed by atoms with E-state index < -0.39 is 17.6 Å². The average molecular weight is 305 g/mol. The molecule has 0 fully saturated rings. The molecule has 0 amide bonds. The van der Waals surface area contributed by atoms with Gasteiger partial charge in [0, 0.05) is 5.56 Å². The van der Waals surface area contributed by atoms with Gasteiger partial charge >= 0.3 is 6.18 Å². The van der Waals surface area contributed by atoms with Crippen molar-refractivity contribution in [3.8, 4) is 5.75 Å². The van der Waals surface area contributed by atoms with Crippen LogP contribution < -0.4 is 4.74 Å². The first-order valence-electron chi connectivity index (χ1n) is 5.61. The maximum absolute atomic E-state index is 13.4. The monoisotopic (exact) mass is 304 g/mol. The molecule has 0 heterocycles. The molecule has 2 rings (SSSR count). The lowest BCUT2D eigenvalue weighted by Crippen LogP contribution is -2.05. The summed E-state index contributed by atoms with van der Waals surface area (Å²) in [5.74, 6) is -0.376. The van der Waals surface area contributed by atoms with Crippen LogP contribution in [-0.2, 0) is 12.8 Å². The smallest absolute Gasteiger partial charge is 0.416 e. The van der Waals surface area contributed by atoms with Gasteiger partial charge in [-0.1, -0.05) is 29.8 Å². The minimum absolute atomic E-state index is 0.0721. The third kappa shape index (κ3) is 3.42. The Hall–Kier alpha value is -1.75. The molecule has 0 saturated carbocycles. The molecular weight excluding hydrogens is 296 g/mol. The molecule has 0 radical (unpaired) electrons. The van der Waals surface area contributed by atoms with E-state index in [1.54, 1.807) is 6.07 Å². The van der Waals surface area contributed by atoms with Crippen molar-refractivity contribution in [3.63, 3.8) is 0 Å². The van der Waals surface area contributed by atoms with Gasteiger partial charge < -0.3 is 4.74 Å². The summed E-state index contributed by atoms with van der Waals surface area (Å²) >= 11 is 5.72. The standard InChI is InChI=1S/C14H9ClF4O/c15-11-7-10(14(17,18)19)5-6-13(11)20-8-9-3-1-2-4-12(9)16/h1-7H,8H2. The lowest BCUT2D eigenvalue weighted by atomic mass is 10.2. The Morgan fingerprint density at radius 2 is 1.75 bits per heavy atom. The largest absolute Gasteiger partial charge is 0.487 e. The van der Waals surface area contributed by atoms with E-state index in [0.29, 0.717) is 5.56 Å². The van der Waals surface area contributed by atoms with Crippen LogP contribution in [0.5, 0.6) is 5.75 Å². The summed E-state index contributed by atoms with van der Waals surface area (Å²) in [7, 11) is 0. The minimum Gasteiger partial charge on any atom is -0.487 e. The summed E-state index contributed by atoms with van der Waals surface area (Å²) in [6.07, 6.45) is -4.46. The molecule has 0 aliphatic rings. The van der Waals surface area contributed by atoms with E-state index in [1.165, 1.54) is 18.2 Å². The first kappa shape index (κ1) is 14.7. The fourth-order valence-corrected chi connectivity index (χ4v) is 1.80. The van der Waals surface area contributed by atoms with E-state index in [2.05, 4.69) is 0 Å². The van der Waals surface area contributed by atoms with Crippen molar-refractivity contribution in [1.29, 1.82) is 0 Å². The van der Waals surface area contributed by atoms with Crippen molar-refractivity contribution in [3.05, 3.63) is 64.4 Å². The second kappa shape index (κ2) is 5.71. The molecule has 2 aromatic rings. The predicted octanol–water partition coefficient (Wildman–Crippen LogP) is 5.08. The molecule has 0 bridgehead atoms. The number of ether oxygens (including phenoxy) is 1. The molecule has 0 aliphatic heterocycles. The zero-order chi connectivity index (χ0) is 14.8. The zero-order valence-electron chi connectivity index (χ0n) is 10.0. The van der Waals surface area contributed by atoms with Gasteiger partial charge in [-0.3, -0.25) is 0 Å². The van der Waals surface area contributed by atoms with Gasteiger partial charge in [0.2, 0.25) is 0 Å². The van der Waals surface area contributed by atoms with E-state index >= 15 is 0 Å². The van der Waals surface area contributed by atoms with Gasteiger partial charge in [-0.25, -0.2) is 4.39 Å². The van der Waals surface area contributed by atoms with Crippen LogP contribution in [0.15, 0.2) is 42.5 Å². The van der Waals surface area contributed by atoms with Crippen LogP contribution in [0.3, 0.4) is 0 Å². The van der Waals surface area contributed by atoms with Gasteiger partial charge in [-0.2, -0.15) is 13.2 Å². The van der Waals surface area contributed by atoms with Crippen molar-refractivity contribution in [2.75, 3.05) is 0 Å². The molecule has 2 aromatic carbocycles. The summed E-state index contributed by atoms with van der Waals surface area (Å²) in [4.78, 5) is 0. The van der Waals surface area contributed by atoms with Gasteiger partial charge in [-0.15, -0.1) is 0 Å². The van der Waals surface area contributed by atoms with E-state index in [-0.39, 0.29) is 17.4 Å². The third-order valence-electron chi connectivity index (χ3n) is 2.60. The molecule has 0 unspecified atom stereocenters. The molecule has 1 nitrogen and oxygen atoms in total. The molecule has 0 aromatic heterocycles. The average Bonchev–Trinajstić information content (AvgIpc) is 2.38. The topological polar surface area (TPSA) is 9.23 Å². The Morgan fingerprint density at radius 1 is 1.05 bits per heavy atom. The van der Waals surface area contributed by atoms with E-state index in [1.807, 2.05) is 0 Å². The van der Waals surface area contributed by atoms with E-state index in [4.69, 9.17) is 16.3 Å². The zero-order valence-corrected chi connectivity index (χ0v) is 10.8. The van der Waals surface area contributed by atoms with Gasteiger partial charge in [0.15, 0.2) is 0 Å². The lowest BCUT2D eigenvalue weighted by molar-refractivity contribution is -0.137. The Kier molecular flexibility index (Phi) is 4.18. The fraction of sp³-hybridized carbons (Fsp3) is 0.143. The highest BCUT2D eigenvalue weighted by Gasteiger charge is 2.31. The molecule has 20 heavy (non-hydrogen) atoms. The Balaban J connectivity index is 2.13.